The zero-order valence-corrected chi connectivity index (χ0v) is 13.8. The number of nitrogens with zero attached hydrogens (tertiary/aromatic N) is 3. The van der Waals surface area contributed by atoms with E-state index in [1.807, 2.05) is 24.8 Å². The lowest BCUT2D eigenvalue weighted by molar-refractivity contribution is -0.132. The summed E-state index contributed by atoms with van der Waals surface area (Å²) in [5.41, 5.74) is 7.68. The molecule has 5 nitrogen and oxygen atoms in total. The highest BCUT2D eigenvalue weighted by atomic mass is 32.2. The highest BCUT2D eigenvalue weighted by Gasteiger charge is 2.28. The second kappa shape index (κ2) is 7.22. The van der Waals surface area contributed by atoms with Crippen molar-refractivity contribution in [3.05, 3.63) is 17.5 Å². The van der Waals surface area contributed by atoms with Crippen molar-refractivity contribution in [2.24, 2.45) is 11.7 Å². The Labute approximate surface area is 130 Å². The minimum atomic E-state index is 0.144. The monoisotopic (exact) mass is 308 g/mol. The molecule has 1 aromatic rings. The third kappa shape index (κ3) is 4.41. The molecule has 0 radical (unpaired) electrons. The Kier molecular flexibility index (Phi) is 5.58. The van der Waals surface area contributed by atoms with Gasteiger partial charge in [0.15, 0.2) is 5.16 Å². The molecule has 0 aliphatic carbocycles. The van der Waals surface area contributed by atoms with E-state index in [1.165, 1.54) is 11.8 Å². The highest BCUT2D eigenvalue weighted by Crippen LogP contribution is 2.23. The number of aryl methyl sites for hydroxylation is 2. The molecule has 0 saturated carbocycles. The van der Waals surface area contributed by atoms with Crippen LogP contribution < -0.4 is 5.73 Å². The smallest absolute Gasteiger partial charge is 0.233 e. The van der Waals surface area contributed by atoms with E-state index in [1.54, 1.807) is 0 Å². The van der Waals surface area contributed by atoms with Gasteiger partial charge in [-0.1, -0.05) is 18.7 Å². The number of carbonyl (C=O) groups is 1. The number of hydrogen-bond donors (Lipinski definition) is 1. The predicted molar refractivity (Wildman–Crippen MR) is 85.2 cm³/mol. The number of aromatic nitrogens is 2. The molecule has 1 aliphatic rings. The lowest BCUT2D eigenvalue weighted by Gasteiger charge is -2.38. The molecule has 116 valence electrons. The third-order valence-corrected chi connectivity index (χ3v) is 4.69. The van der Waals surface area contributed by atoms with Crippen LogP contribution in [0.25, 0.3) is 0 Å². The van der Waals surface area contributed by atoms with Gasteiger partial charge in [-0.05, 0) is 38.7 Å². The molecule has 2 unspecified atom stereocenters. The average molecular weight is 308 g/mol. The van der Waals surface area contributed by atoms with Crippen molar-refractivity contribution in [2.45, 2.75) is 44.8 Å². The van der Waals surface area contributed by atoms with Gasteiger partial charge in [-0.15, -0.1) is 0 Å². The number of rotatable bonds is 4. The van der Waals surface area contributed by atoms with Crippen LogP contribution in [0.15, 0.2) is 11.2 Å². The van der Waals surface area contributed by atoms with Crippen molar-refractivity contribution >= 4 is 17.7 Å². The number of hydrogen-bond acceptors (Lipinski definition) is 5. The van der Waals surface area contributed by atoms with Crippen molar-refractivity contribution in [1.82, 2.24) is 14.9 Å². The Hall–Kier alpha value is -1.14. The van der Waals surface area contributed by atoms with E-state index in [0.717, 1.165) is 30.8 Å². The van der Waals surface area contributed by atoms with Gasteiger partial charge in [0.05, 0.1) is 5.75 Å². The lowest BCUT2D eigenvalue weighted by Crippen LogP contribution is -2.49. The van der Waals surface area contributed by atoms with Crippen molar-refractivity contribution in [1.29, 1.82) is 0 Å². The Balaban J connectivity index is 1.94. The van der Waals surface area contributed by atoms with Gasteiger partial charge in [0.2, 0.25) is 5.91 Å². The second-order valence-corrected chi connectivity index (χ2v) is 6.77. The van der Waals surface area contributed by atoms with E-state index >= 15 is 0 Å². The maximum absolute atomic E-state index is 12.4. The van der Waals surface area contributed by atoms with E-state index < -0.39 is 0 Å². The van der Waals surface area contributed by atoms with Gasteiger partial charge in [0.1, 0.15) is 0 Å². The van der Waals surface area contributed by atoms with Crippen molar-refractivity contribution in [2.75, 3.05) is 18.8 Å². The zero-order valence-electron chi connectivity index (χ0n) is 13.0. The number of amides is 1. The molecule has 1 saturated heterocycles. The summed E-state index contributed by atoms with van der Waals surface area (Å²) in [4.78, 5) is 23.1. The maximum atomic E-state index is 12.4. The van der Waals surface area contributed by atoms with Crippen molar-refractivity contribution in [3.63, 3.8) is 0 Å². The molecule has 1 fully saturated rings. The normalized spacial score (nSPS) is 22.4. The number of thioether (sulfide) groups is 1. The second-order valence-electron chi connectivity index (χ2n) is 5.83. The van der Waals surface area contributed by atoms with Gasteiger partial charge in [0, 0.05) is 30.5 Å². The van der Waals surface area contributed by atoms with Gasteiger partial charge >= 0.3 is 0 Å². The topological polar surface area (TPSA) is 72.1 Å². The minimum Gasteiger partial charge on any atom is -0.338 e. The summed E-state index contributed by atoms with van der Waals surface area (Å²) in [5.74, 6) is 1.18. The fourth-order valence-corrected chi connectivity index (χ4v) is 3.61. The van der Waals surface area contributed by atoms with Crippen LogP contribution in [0.3, 0.4) is 0 Å². The standard InChI is InChI=1S/C15H24N4OS/c1-10-4-5-19(13(6-10)8-16)14(20)9-21-15-17-11(2)7-12(3)18-15/h7,10,13H,4-6,8-9,16H2,1-3H3. The number of likely N-dealkylation sites (tertiary alicyclic amines) is 1. The molecule has 2 atom stereocenters. The molecule has 1 amide bonds. The summed E-state index contributed by atoms with van der Waals surface area (Å²) < 4.78 is 0. The molecule has 2 rings (SSSR count). The van der Waals surface area contributed by atoms with E-state index in [-0.39, 0.29) is 11.9 Å². The Bertz CT molecular complexity index is 488. The summed E-state index contributed by atoms with van der Waals surface area (Å²) in [6.07, 6.45) is 2.07. The van der Waals surface area contributed by atoms with E-state index in [2.05, 4.69) is 16.9 Å². The van der Waals surface area contributed by atoms with Crippen LogP contribution >= 0.6 is 11.8 Å². The van der Waals surface area contributed by atoms with Crippen LogP contribution in [-0.4, -0.2) is 45.7 Å². The van der Waals surface area contributed by atoms with Crippen LogP contribution in [0, 0.1) is 19.8 Å². The number of nitrogens with two attached hydrogens (primary N) is 1. The average Bonchev–Trinajstić information content (AvgIpc) is 2.43. The Morgan fingerprint density at radius 1 is 1.43 bits per heavy atom. The van der Waals surface area contributed by atoms with Crippen LogP contribution in [0.1, 0.15) is 31.2 Å². The fraction of sp³-hybridized carbons (Fsp3) is 0.667. The molecule has 0 aromatic carbocycles. The first kappa shape index (κ1) is 16.2. The van der Waals surface area contributed by atoms with Crippen LogP contribution in [-0.2, 0) is 4.79 Å². The first-order chi connectivity index (χ1) is 9.99. The highest BCUT2D eigenvalue weighted by molar-refractivity contribution is 7.99. The van der Waals surface area contributed by atoms with E-state index in [4.69, 9.17) is 5.73 Å². The molecule has 1 aromatic heterocycles. The minimum absolute atomic E-state index is 0.144. The van der Waals surface area contributed by atoms with Gasteiger partial charge < -0.3 is 10.6 Å². The first-order valence-electron chi connectivity index (χ1n) is 7.44. The molecule has 0 bridgehead atoms. The molecular weight excluding hydrogens is 284 g/mol. The lowest BCUT2D eigenvalue weighted by atomic mass is 9.92. The molecule has 2 heterocycles. The first-order valence-corrected chi connectivity index (χ1v) is 8.42. The third-order valence-electron chi connectivity index (χ3n) is 3.86. The molecular formula is C15H24N4OS. The van der Waals surface area contributed by atoms with Crippen LogP contribution in [0.4, 0.5) is 0 Å². The summed E-state index contributed by atoms with van der Waals surface area (Å²) >= 11 is 1.41. The van der Waals surface area contributed by atoms with Crippen molar-refractivity contribution < 1.29 is 4.79 Å². The van der Waals surface area contributed by atoms with Gasteiger partial charge in [-0.3, -0.25) is 4.79 Å². The summed E-state index contributed by atoms with van der Waals surface area (Å²) in [5, 5.41) is 0.676. The van der Waals surface area contributed by atoms with Crippen molar-refractivity contribution in [3.8, 4) is 0 Å². The van der Waals surface area contributed by atoms with Gasteiger partial charge in [0.25, 0.3) is 0 Å². The number of piperidine rings is 1. The predicted octanol–water partition coefficient (Wildman–Crippen LogP) is 1.77. The number of carbonyl (C=O) groups excluding carboxylic acids is 1. The molecule has 1 aliphatic heterocycles. The maximum Gasteiger partial charge on any atom is 0.233 e. The van der Waals surface area contributed by atoms with Crippen LogP contribution in [0.2, 0.25) is 0 Å². The fourth-order valence-electron chi connectivity index (χ4n) is 2.77. The van der Waals surface area contributed by atoms with Crippen LogP contribution in [0.5, 0.6) is 0 Å². The largest absolute Gasteiger partial charge is 0.338 e. The summed E-state index contributed by atoms with van der Waals surface area (Å²) in [6.45, 7) is 7.47. The SMILES string of the molecule is Cc1cc(C)nc(SCC(=O)N2CCC(C)CC2CN)n1. The molecule has 6 heteroatoms. The quantitative estimate of drug-likeness (QED) is 0.678. The Morgan fingerprint density at radius 2 is 2.10 bits per heavy atom. The molecule has 0 spiro atoms. The summed E-state index contributed by atoms with van der Waals surface area (Å²) in [7, 11) is 0. The summed E-state index contributed by atoms with van der Waals surface area (Å²) in [6, 6.07) is 2.12. The molecule has 2 N–H and O–H groups in total. The van der Waals surface area contributed by atoms with E-state index in [9.17, 15) is 4.79 Å². The molecule has 21 heavy (non-hydrogen) atoms. The van der Waals surface area contributed by atoms with Gasteiger partial charge in [-0.2, -0.15) is 0 Å². The zero-order chi connectivity index (χ0) is 15.4. The van der Waals surface area contributed by atoms with E-state index in [0.29, 0.717) is 23.4 Å². The Morgan fingerprint density at radius 3 is 2.71 bits per heavy atom. The van der Waals surface area contributed by atoms with Gasteiger partial charge in [-0.25, -0.2) is 9.97 Å².